The van der Waals surface area contributed by atoms with Crippen molar-refractivity contribution in [3.63, 3.8) is 0 Å². The van der Waals surface area contributed by atoms with E-state index in [1.807, 2.05) is 6.92 Å². The maximum atomic E-state index is 12.0. The first-order valence-electron chi connectivity index (χ1n) is 5.38. The average Bonchev–Trinajstić information content (AvgIpc) is 2.29. The van der Waals surface area contributed by atoms with Gasteiger partial charge in [0.1, 0.15) is 5.56 Å². The molecule has 1 amide bonds. The molecule has 2 heterocycles. The number of rotatable bonds is 1. The summed E-state index contributed by atoms with van der Waals surface area (Å²) in [6.45, 7) is 4.09. The Morgan fingerprint density at radius 2 is 2.38 bits per heavy atom. The molecule has 0 spiro atoms. The fourth-order valence-electron chi connectivity index (χ4n) is 1.87. The van der Waals surface area contributed by atoms with Gasteiger partial charge < -0.3 is 15.2 Å². The Hall–Kier alpha value is -1.62. The summed E-state index contributed by atoms with van der Waals surface area (Å²) >= 11 is 0. The van der Waals surface area contributed by atoms with Crippen molar-refractivity contribution in [2.45, 2.75) is 13.0 Å². The van der Waals surface area contributed by atoms with E-state index in [-0.39, 0.29) is 22.9 Å². The largest absolute Gasteiger partial charge is 0.367 e. The molecule has 0 radical (unpaired) electrons. The minimum atomic E-state index is -0.227. The summed E-state index contributed by atoms with van der Waals surface area (Å²) < 4.78 is 0. The standard InChI is InChI=1S/C11H15N3O2/c1-8-7-14(5-4-13-8)11(16)9-6-12-3-2-10(9)15/h2-3,6,8,13H,4-5,7H2,1H3,(H,12,15)/t8-/m1/s1. The third-order valence-electron chi connectivity index (χ3n) is 2.71. The topological polar surface area (TPSA) is 65.2 Å². The van der Waals surface area contributed by atoms with Crippen LogP contribution < -0.4 is 10.7 Å². The van der Waals surface area contributed by atoms with E-state index < -0.39 is 0 Å². The first-order chi connectivity index (χ1) is 7.68. The van der Waals surface area contributed by atoms with Crippen LogP contribution >= 0.6 is 0 Å². The molecular weight excluding hydrogens is 206 g/mol. The van der Waals surface area contributed by atoms with E-state index in [0.717, 1.165) is 6.54 Å². The molecule has 1 aliphatic rings. The maximum Gasteiger partial charge on any atom is 0.259 e. The van der Waals surface area contributed by atoms with Crippen LogP contribution in [0.1, 0.15) is 17.3 Å². The second-order valence-corrected chi connectivity index (χ2v) is 4.03. The van der Waals surface area contributed by atoms with Crippen LogP contribution in [0, 0.1) is 0 Å². The number of pyridine rings is 1. The van der Waals surface area contributed by atoms with Crippen LogP contribution in [-0.2, 0) is 0 Å². The summed E-state index contributed by atoms with van der Waals surface area (Å²) in [6.07, 6.45) is 3.00. The van der Waals surface area contributed by atoms with Crippen LogP contribution in [0.5, 0.6) is 0 Å². The Morgan fingerprint density at radius 1 is 1.56 bits per heavy atom. The van der Waals surface area contributed by atoms with Gasteiger partial charge in [0.25, 0.3) is 5.91 Å². The van der Waals surface area contributed by atoms with Gasteiger partial charge in [0.05, 0.1) is 0 Å². The molecule has 1 aliphatic heterocycles. The Balaban J connectivity index is 2.19. The normalized spacial score (nSPS) is 20.8. The highest BCUT2D eigenvalue weighted by atomic mass is 16.2. The summed E-state index contributed by atoms with van der Waals surface area (Å²) in [4.78, 5) is 28.0. The molecule has 86 valence electrons. The van der Waals surface area contributed by atoms with Gasteiger partial charge in [0.15, 0.2) is 5.43 Å². The number of amides is 1. The minimum Gasteiger partial charge on any atom is -0.367 e. The van der Waals surface area contributed by atoms with Crippen molar-refractivity contribution in [3.05, 3.63) is 34.2 Å². The number of hydrogen-bond donors (Lipinski definition) is 2. The van der Waals surface area contributed by atoms with Crippen LogP contribution in [0.25, 0.3) is 0 Å². The van der Waals surface area contributed by atoms with Crippen molar-refractivity contribution in [3.8, 4) is 0 Å². The first kappa shape index (κ1) is 10.9. The molecule has 0 unspecified atom stereocenters. The van der Waals surface area contributed by atoms with E-state index in [1.54, 1.807) is 4.90 Å². The molecule has 0 bridgehead atoms. The van der Waals surface area contributed by atoms with E-state index in [1.165, 1.54) is 18.5 Å². The molecule has 5 nitrogen and oxygen atoms in total. The highest BCUT2D eigenvalue weighted by Gasteiger charge is 2.22. The van der Waals surface area contributed by atoms with E-state index in [2.05, 4.69) is 10.3 Å². The second kappa shape index (κ2) is 4.49. The Labute approximate surface area is 93.5 Å². The van der Waals surface area contributed by atoms with Gasteiger partial charge in [-0.2, -0.15) is 0 Å². The van der Waals surface area contributed by atoms with Gasteiger partial charge in [-0.3, -0.25) is 9.59 Å². The Bertz CT molecular complexity index is 441. The predicted molar refractivity (Wildman–Crippen MR) is 60.4 cm³/mol. The number of aromatic nitrogens is 1. The van der Waals surface area contributed by atoms with Crippen LogP contribution in [0.4, 0.5) is 0 Å². The van der Waals surface area contributed by atoms with Gasteiger partial charge in [-0.15, -0.1) is 0 Å². The highest BCUT2D eigenvalue weighted by molar-refractivity contribution is 5.93. The third kappa shape index (κ3) is 2.14. The van der Waals surface area contributed by atoms with E-state index >= 15 is 0 Å². The zero-order valence-corrected chi connectivity index (χ0v) is 9.19. The summed E-state index contributed by atoms with van der Waals surface area (Å²) in [5.41, 5.74) is -0.00784. The molecule has 0 aromatic carbocycles. The predicted octanol–water partition coefficient (Wildman–Crippen LogP) is -0.191. The van der Waals surface area contributed by atoms with E-state index in [0.29, 0.717) is 13.1 Å². The van der Waals surface area contributed by atoms with Crippen LogP contribution in [0.15, 0.2) is 23.3 Å². The fraction of sp³-hybridized carbons (Fsp3) is 0.455. The van der Waals surface area contributed by atoms with E-state index in [9.17, 15) is 9.59 Å². The molecule has 1 atom stereocenters. The minimum absolute atomic E-state index is 0.185. The monoisotopic (exact) mass is 221 g/mol. The molecule has 0 saturated carbocycles. The molecule has 1 aromatic rings. The van der Waals surface area contributed by atoms with Crippen molar-refractivity contribution in [1.82, 2.24) is 15.2 Å². The van der Waals surface area contributed by atoms with Gasteiger partial charge in [0.2, 0.25) is 0 Å². The summed E-state index contributed by atoms with van der Waals surface area (Å²) in [6, 6.07) is 1.65. The fourth-order valence-corrected chi connectivity index (χ4v) is 1.87. The van der Waals surface area contributed by atoms with Crippen LogP contribution in [0.3, 0.4) is 0 Å². The highest BCUT2D eigenvalue weighted by Crippen LogP contribution is 2.03. The van der Waals surface area contributed by atoms with Gasteiger partial charge >= 0.3 is 0 Å². The molecule has 0 aliphatic carbocycles. The molecule has 1 aromatic heterocycles. The number of carbonyl (C=O) groups excluding carboxylic acids is 1. The van der Waals surface area contributed by atoms with Crippen molar-refractivity contribution >= 4 is 5.91 Å². The lowest BCUT2D eigenvalue weighted by atomic mass is 10.2. The first-order valence-corrected chi connectivity index (χ1v) is 5.38. The number of aromatic amines is 1. The van der Waals surface area contributed by atoms with Crippen molar-refractivity contribution in [2.24, 2.45) is 0 Å². The molecule has 5 heteroatoms. The summed E-state index contributed by atoms with van der Waals surface area (Å²) in [5.74, 6) is -0.185. The number of piperazine rings is 1. The number of H-pyrrole nitrogens is 1. The third-order valence-corrected chi connectivity index (χ3v) is 2.71. The quantitative estimate of drug-likeness (QED) is 0.690. The van der Waals surface area contributed by atoms with Crippen LogP contribution in [-0.4, -0.2) is 41.5 Å². The molecule has 2 N–H and O–H groups in total. The summed E-state index contributed by atoms with van der Waals surface area (Å²) in [5, 5.41) is 3.25. The Kier molecular flexibility index (Phi) is 3.05. The lowest BCUT2D eigenvalue weighted by Gasteiger charge is -2.31. The lowest BCUT2D eigenvalue weighted by molar-refractivity contribution is 0.0707. The number of nitrogens with one attached hydrogen (secondary N) is 2. The van der Waals surface area contributed by atoms with Crippen molar-refractivity contribution in [2.75, 3.05) is 19.6 Å². The van der Waals surface area contributed by atoms with Gasteiger partial charge in [-0.25, -0.2) is 0 Å². The molecule has 2 rings (SSSR count). The summed E-state index contributed by atoms with van der Waals surface area (Å²) in [7, 11) is 0. The van der Waals surface area contributed by atoms with Crippen LogP contribution in [0.2, 0.25) is 0 Å². The average molecular weight is 221 g/mol. The SMILES string of the molecule is C[C@@H]1CN(C(=O)c2c[nH]ccc2=O)CCN1. The van der Waals surface area contributed by atoms with E-state index in [4.69, 9.17) is 0 Å². The number of carbonyl (C=O) groups is 1. The Morgan fingerprint density at radius 3 is 3.06 bits per heavy atom. The maximum absolute atomic E-state index is 12.0. The molecule has 16 heavy (non-hydrogen) atoms. The smallest absolute Gasteiger partial charge is 0.259 e. The van der Waals surface area contributed by atoms with Crippen molar-refractivity contribution < 1.29 is 4.79 Å². The molecule has 1 saturated heterocycles. The van der Waals surface area contributed by atoms with Crippen molar-refractivity contribution in [1.29, 1.82) is 0 Å². The van der Waals surface area contributed by atoms with Gasteiger partial charge in [-0.1, -0.05) is 0 Å². The van der Waals surface area contributed by atoms with Gasteiger partial charge in [-0.05, 0) is 6.92 Å². The lowest BCUT2D eigenvalue weighted by Crippen LogP contribution is -2.51. The number of nitrogens with zero attached hydrogens (tertiary/aromatic N) is 1. The molecule has 1 fully saturated rings. The second-order valence-electron chi connectivity index (χ2n) is 4.03. The molecular formula is C11H15N3O2. The van der Waals surface area contributed by atoms with Gasteiger partial charge in [0, 0.05) is 44.1 Å². The zero-order valence-electron chi connectivity index (χ0n) is 9.19. The number of hydrogen-bond acceptors (Lipinski definition) is 3. The zero-order chi connectivity index (χ0) is 11.5.